The molecule has 0 amide bonds. The van der Waals surface area contributed by atoms with Crippen LogP contribution >= 0.6 is 11.8 Å². The average molecular weight is 398 g/mol. The molecule has 1 aromatic rings. The lowest BCUT2D eigenvalue weighted by Crippen LogP contribution is -2.49. The van der Waals surface area contributed by atoms with E-state index in [4.69, 9.17) is 14.4 Å². The van der Waals surface area contributed by atoms with Gasteiger partial charge in [0, 0.05) is 6.54 Å². The highest BCUT2D eigenvalue weighted by Crippen LogP contribution is 2.26. The predicted molar refractivity (Wildman–Crippen MR) is 85.4 cm³/mol. The standard InChI is InChI=1S/C12H19N3O8S2/c16-5-7-9(18)10(19)11(23-7)15-3-1-8(17)14-12(15)24-6-13-2-4-25(20,21)22/h1,3,7,9-11,13,16,18-19H,2,4-6H2,(H,20,21,22)/p+1/t7-,9-,10-,11-/m1/s1. The van der Waals surface area contributed by atoms with Crippen LogP contribution in [0.5, 0.6) is 0 Å². The topological polar surface area (TPSA) is 173 Å². The maximum Gasteiger partial charge on any atom is 0.335 e. The number of hydrogen-bond acceptors (Lipinski definition) is 9. The van der Waals surface area contributed by atoms with Gasteiger partial charge in [-0.25, -0.2) is 9.78 Å². The van der Waals surface area contributed by atoms with Gasteiger partial charge in [-0.05, 0) is 11.8 Å². The number of aromatic amines is 1. The normalized spacial score (nSPS) is 26.9. The van der Waals surface area contributed by atoms with Crippen LogP contribution < -0.4 is 15.4 Å². The molecule has 2 rings (SSSR count). The molecule has 1 aliphatic rings. The van der Waals surface area contributed by atoms with Crippen molar-refractivity contribution in [1.29, 1.82) is 0 Å². The summed E-state index contributed by atoms with van der Waals surface area (Å²) in [6.45, 7) is -0.463. The minimum Gasteiger partial charge on any atom is -0.394 e. The third-order valence-electron chi connectivity index (χ3n) is 3.49. The van der Waals surface area contributed by atoms with E-state index in [-0.39, 0.29) is 12.4 Å². The molecule has 6 N–H and O–H groups in total. The van der Waals surface area contributed by atoms with E-state index in [1.54, 1.807) is 0 Å². The average Bonchev–Trinajstić information content (AvgIpc) is 2.81. The summed E-state index contributed by atoms with van der Waals surface area (Å²) in [5, 5.41) is 32.1. The lowest BCUT2D eigenvalue weighted by atomic mass is 10.1. The van der Waals surface area contributed by atoms with Crippen LogP contribution in [0.4, 0.5) is 0 Å². The molecule has 0 aromatic carbocycles. The first-order chi connectivity index (χ1) is 11.7. The van der Waals surface area contributed by atoms with Crippen molar-refractivity contribution in [2.45, 2.75) is 29.7 Å². The minimum atomic E-state index is -4.06. The Balaban J connectivity index is 2.06. The summed E-state index contributed by atoms with van der Waals surface area (Å²) in [6.07, 6.45) is -3.17. The zero-order chi connectivity index (χ0) is 18.6. The second kappa shape index (κ2) is 8.55. The van der Waals surface area contributed by atoms with E-state index in [2.05, 4.69) is 10.3 Å². The Kier molecular flexibility index (Phi) is 6.93. The van der Waals surface area contributed by atoms with E-state index < -0.39 is 52.6 Å². The highest BCUT2D eigenvalue weighted by molar-refractivity contribution is 7.99. The summed E-state index contributed by atoms with van der Waals surface area (Å²) >= 11 is 1.10. The fraction of sp³-hybridized carbons (Fsp3) is 0.667. The Morgan fingerprint density at radius 3 is 2.68 bits per heavy atom. The SMILES string of the molecule is O=c1cc[n+]([C@@H]2O[C@H](CO)[C@@H](O)[C@H]2O)c(SCNCCS(=O)(=O)O)[nH]1. The smallest absolute Gasteiger partial charge is 0.335 e. The highest BCUT2D eigenvalue weighted by Gasteiger charge is 2.46. The summed E-state index contributed by atoms with van der Waals surface area (Å²) in [5.41, 5.74) is -0.400. The number of hydrogen-bond donors (Lipinski definition) is 6. The quantitative estimate of drug-likeness (QED) is 0.0654. The first-order valence-corrected chi connectivity index (χ1v) is 9.88. The van der Waals surface area contributed by atoms with Crippen LogP contribution in [0.3, 0.4) is 0 Å². The second-order valence-electron chi connectivity index (χ2n) is 5.32. The van der Waals surface area contributed by atoms with Crippen molar-refractivity contribution in [1.82, 2.24) is 10.3 Å². The van der Waals surface area contributed by atoms with Gasteiger partial charge in [-0.15, -0.1) is 0 Å². The third-order valence-corrected chi connectivity index (χ3v) is 5.15. The lowest BCUT2D eigenvalue weighted by Gasteiger charge is -2.15. The summed E-state index contributed by atoms with van der Waals surface area (Å²) in [7, 11) is -4.06. The van der Waals surface area contributed by atoms with Crippen LogP contribution in [0.2, 0.25) is 0 Å². The van der Waals surface area contributed by atoms with Crippen LogP contribution in [0.1, 0.15) is 6.23 Å². The molecule has 1 aromatic heterocycles. The Morgan fingerprint density at radius 2 is 2.08 bits per heavy atom. The summed E-state index contributed by atoms with van der Waals surface area (Å²) in [5.74, 6) is -0.252. The number of rotatable bonds is 8. The van der Waals surface area contributed by atoms with Crippen LogP contribution in [-0.4, -0.2) is 76.4 Å². The molecule has 13 heteroatoms. The van der Waals surface area contributed by atoms with Gasteiger partial charge in [-0.1, -0.05) is 0 Å². The van der Waals surface area contributed by atoms with E-state index in [1.165, 1.54) is 16.8 Å². The first kappa shape index (κ1) is 20.3. The Morgan fingerprint density at radius 1 is 1.36 bits per heavy atom. The molecule has 1 aliphatic heterocycles. The molecule has 1 fully saturated rings. The van der Waals surface area contributed by atoms with E-state index in [0.29, 0.717) is 5.16 Å². The number of aliphatic hydroxyl groups is 3. The molecule has 0 bridgehead atoms. The maximum atomic E-state index is 11.5. The van der Waals surface area contributed by atoms with Gasteiger partial charge in [0.1, 0.15) is 24.5 Å². The molecule has 0 aliphatic carbocycles. The fourth-order valence-electron chi connectivity index (χ4n) is 2.24. The molecule has 0 spiro atoms. The van der Waals surface area contributed by atoms with Crippen LogP contribution in [0, 0.1) is 0 Å². The number of nitrogens with one attached hydrogen (secondary N) is 2. The van der Waals surface area contributed by atoms with Gasteiger partial charge in [0.15, 0.2) is 0 Å². The molecule has 0 saturated carbocycles. The largest absolute Gasteiger partial charge is 0.394 e. The Hall–Kier alpha value is -1.06. The monoisotopic (exact) mass is 398 g/mol. The molecular formula is C12H20N3O8S2+. The summed E-state index contributed by atoms with van der Waals surface area (Å²) in [6, 6.07) is 1.21. The molecule has 4 atom stereocenters. The van der Waals surface area contributed by atoms with Crippen molar-refractivity contribution in [3.8, 4) is 0 Å². The molecule has 2 heterocycles. The Bertz CT molecular complexity index is 740. The molecule has 25 heavy (non-hydrogen) atoms. The summed E-state index contributed by atoms with van der Waals surface area (Å²) < 4.78 is 36.7. The zero-order valence-corrected chi connectivity index (χ0v) is 14.6. The number of thioether (sulfide) groups is 1. The van der Waals surface area contributed by atoms with Gasteiger partial charge in [-0.2, -0.15) is 13.0 Å². The van der Waals surface area contributed by atoms with Crippen LogP contribution in [0.15, 0.2) is 22.2 Å². The second-order valence-corrected chi connectivity index (χ2v) is 7.86. The van der Waals surface area contributed by atoms with E-state index in [1.807, 2.05) is 0 Å². The number of aliphatic hydroxyl groups excluding tert-OH is 3. The van der Waals surface area contributed by atoms with Crippen molar-refractivity contribution < 1.29 is 37.6 Å². The van der Waals surface area contributed by atoms with Gasteiger partial charge in [-0.3, -0.25) is 4.55 Å². The van der Waals surface area contributed by atoms with Crippen molar-refractivity contribution in [3.63, 3.8) is 0 Å². The van der Waals surface area contributed by atoms with Gasteiger partial charge in [0.05, 0.1) is 24.3 Å². The zero-order valence-electron chi connectivity index (χ0n) is 13.0. The fourth-order valence-corrected chi connectivity index (χ4v) is 3.51. The predicted octanol–water partition coefficient (Wildman–Crippen LogP) is -3.20. The molecule has 0 unspecified atom stereocenters. The number of nitrogens with zero attached hydrogens (tertiary/aromatic N) is 1. The van der Waals surface area contributed by atoms with Gasteiger partial charge in [0.25, 0.3) is 10.1 Å². The number of ether oxygens (including phenoxy) is 1. The lowest BCUT2D eigenvalue weighted by molar-refractivity contribution is -0.800. The van der Waals surface area contributed by atoms with Crippen LogP contribution in [-0.2, 0) is 14.9 Å². The molecule has 11 nitrogen and oxygen atoms in total. The molecule has 142 valence electrons. The first-order valence-electron chi connectivity index (χ1n) is 7.28. The van der Waals surface area contributed by atoms with Gasteiger partial charge >= 0.3 is 10.7 Å². The third kappa shape index (κ3) is 5.46. The molecule has 1 saturated heterocycles. The maximum absolute atomic E-state index is 11.5. The van der Waals surface area contributed by atoms with Crippen molar-refractivity contribution in [2.24, 2.45) is 0 Å². The molecule has 0 radical (unpaired) electrons. The van der Waals surface area contributed by atoms with E-state index in [9.17, 15) is 23.4 Å². The van der Waals surface area contributed by atoms with Gasteiger partial charge < -0.3 is 25.4 Å². The summed E-state index contributed by atoms with van der Waals surface area (Å²) in [4.78, 5) is 14.1. The van der Waals surface area contributed by atoms with Gasteiger partial charge in [0.2, 0.25) is 6.23 Å². The minimum absolute atomic E-state index is 0.0107. The van der Waals surface area contributed by atoms with Crippen molar-refractivity contribution >= 4 is 21.9 Å². The van der Waals surface area contributed by atoms with Crippen molar-refractivity contribution in [2.75, 3.05) is 24.8 Å². The Labute approximate surface area is 147 Å². The van der Waals surface area contributed by atoms with Crippen molar-refractivity contribution in [3.05, 3.63) is 22.6 Å². The van der Waals surface area contributed by atoms with E-state index in [0.717, 1.165) is 11.8 Å². The molecular weight excluding hydrogens is 378 g/mol. The number of aromatic nitrogens is 2. The highest BCUT2D eigenvalue weighted by atomic mass is 32.2. The van der Waals surface area contributed by atoms with Crippen LogP contribution in [0.25, 0.3) is 0 Å². The number of H-pyrrole nitrogens is 1. The van der Waals surface area contributed by atoms with E-state index >= 15 is 0 Å².